The number of nitrogens with two attached hydrogens (primary N) is 1. The molecule has 6 heteroatoms. The maximum Gasteiger partial charge on any atom is 0.207 e. The molecule has 0 saturated heterocycles. The van der Waals surface area contributed by atoms with Gasteiger partial charge in [0.25, 0.3) is 0 Å². The van der Waals surface area contributed by atoms with Crippen LogP contribution >= 0.6 is 23.2 Å². The van der Waals surface area contributed by atoms with Crippen molar-refractivity contribution in [2.24, 2.45) is 0 Å². The molecule has 0 atom stereocenters. The number of nitrogens with zero attached hydrogens (tertiary/aromatic N) is 3. The molecule has 2 aromatic heterocycles. The minimum absolute atomic E-state index is 0.275. The fraction of sp³-hybridized carbons (Fsp3) is 0. The smallest absolute Gasteiger partial charge is 0.207 e. The molecule has 0 fully saturated rings. The number of aromatic nitrogens is 3. The highest BCUT2D eigenvalue weighted by Gasteiger charge is 2.03. The van der Waals surface area contributed by atoms with Crippen LogP contribution < -0.4 is 5.73 Å². The lowest BCUT2D eigenvalue weighted by atomic mass is 10.6. The van der Waals surface area contributed by atoms with E-state index in [9.17, 15) is 0 Å². The summed E-state index contributed by atoms with van der Waals surface area (Å²) in [5, 5.41) is 0.674. The van der Waals surface area contributed by atoms with Gasteiger partial charge in [0.2, 0.25) is 5.95 Å². The number of anilines is 1. The van der Waals surface area contributed by atoms with Crippen molar-refractivity contribution in [3.8, 4) is 0 Å². The molecule has 4 nitrogen and oxygen atoms in total. The van der Waals surface area contributed by atoms with E-state index in [1.54, 1.807) is 16.7 Å². The Morgan fingerprint density at radius 2 is 2.00 bits per heavy atom. The lowest BCUT2D eigenvalue weighted by molar-refractivity contribution is 1.11. The zero-order valence-electron chi connectivity index (χ0n) is 5.83. The van der Waals surface area contributed by atoms with Gasteiger partial charge in [0, 0.05) is 6.07 Å². The van der Waals surface area contributed by atoms with Gasteiger partial charge in [0.1, 0.15) is 16.0 Å². The lowest BCUT2D eigenvalue weighted by Crippen LogP contribution is -1.98. The zero-order valence-corrected chi connectivity index (χ0v) is 7.34. The molecule has 0 aliphatic heterocycles. The first kappa shape index (κ1) is 7.64. The maximum absolute atomic E-state index is 5.65. The Balaban J connectivity index is 2.88. The van der Waals surface area contributed by atoms with E-state index >= 15 is 0 Å². The van der Waals surface area contributed by atoms with Gasteiger partial charge in [0.15, 0.2) is 0 Å². The van der Waals surface area contributed by atoms with Crippen LogP contribution in [-0.4, -0.2) is 14.4 Å². The second-order valence-electron chi connectivity index (χ2n) is 2.23. The molecule has 0 aliphatic carbocycles. The highest BCUT2D eigenvalue weighted by molar-refractivity contribution is 6.30. The molecule has 2 heterocycles. The summed E-state index contributed by atoms with van der Waals surface area (Å²) in [6.45, 7) is 0. The van der Waals surface area contributed by atoms with Crippen LogP contribution in [-0.2, 0) is 0 Å². The number of hydrogen-bond donors (Lipinski definition) is 1. The van der Waals surface area contributed by atoms with Crippen LogP contribution in [0.15, 0.2) is 12.3 Å². The van der Waals surface area contributed by atoms with Crippen molar-refractivity contribution in [3.05, 3.63) is 22.6 Å². The highest BCUT2D eigenvalue weighted by atomic mass is 35.5. The Bertz CT molecular complexity index is 436. The molecule has 2 rings (SSSR count). The van der Waals surface area contributed by atoms with Crippen molar-refractivity contribution in [1.29, 1.82) is 0 Å². The van der Waals surface area contributed by atoms with Crippen molar-refractivity contribution in [2.45, 2.75) is 0 Å². The van der Waals surface area contributed by atoms with E-state index in [1.165, 1.54) is 0 Å². The van der Waals surface area contributed by atoms with Gasteiger partial charge in [-0.1, -0.05) is 23.2 Å². The molecule has 0 unspecified atom stereocenters. The predicted octanol–water partition coefficient (Wildman–Crippen LogP) is 1.62. The van der Waals surface area contributed by atoms with Crippen molar-refractivity contribution in [2.75, 3.05) is 5.73 Å². The second kappa shape index (κ2) is 2.50. The first-order valence-corrected chi connectivity index (χ1v) is 3.89. The first-order valence-electron chi connectivity index (χ1n) is 3.13. The van der Waals surface area contributed by atoms with Gasteiger partial charge in [-0.05, 0) is 0 Å². The van der Waals surface area contributed by atoms with E-state index in [1.807, 2.05) is 0 Å². The molecular weight excluding hydrogens is 199 g/mol. The molecule has 62 valence electrons. The van der Waals surface area contributed by atoms with Gasteiger partial charge < -0.3 is 5.73 Å². The number of imidazole rings is 1. The number of rotatable bonds is 0. The van der Waals surface area contributed by atoms with Gasteiger partial charge in [-0.2, -0.15) is 0 Å². The molecular formula is C6H4Cl2N4. The maximum atomic E-state index is 5.65. The van der Waals surface area contributed by atoms with E-state index in [2.05, 4.69) is 9.97 Å². The molecule has 0 aromatic carbocycles. The summed E-state index contributed by atoms with van der Waals surface area (Å²) in [5.74, 6) is 0.275. The number of halogens is 2. The Morgan fingerprint density at radius 3 is 2.75 bits per heavy atom. The third kappa shape index (κ3) is 1.09. The number of fused-ring (bicyclic) bond motifs is 1. The molecule has 0 spiro atoms. The van der Waals surface area contributed by atoms with Crippen molar-refractivity contribution < 1.29 is 0 Å². The Kier molecular flexibility index (Phi) is 1.59. The molecule has 12 heavy (non-hydrogen) atoms. The Hall–Kier alpha value is -1.00. The molecule has 0 bridgehead atoms. The monoisotopic (exact) mass is 202 g/mol. The van der Waals surface area contributed by atoms with Gasteiger partial charge in [0.05, 0.1) is 6.20 Å². The van der Waals surface area contributed by atoms with E-state index in [0.717, 1.165) is 0 Å². The number of hydrogen-bond acceptors (Lipinski definition) is 3. The van der Waals surface area contributed by atoms with Crippen LogP contribution in [0.2, 0.25) is 10.3 Å². The zero-order chi connectivity index (χ0) is 8.72. The summed E-state index contributed by atoms with van der Waals surface area (Å²) in [5.41, 5.74) is 6.13. The molecule has 2 N–H and O–H groups in total. The Labute approximate surface area is 77.9 Å². The molecule has 0 amide bonds. The van der Waals surface area contributed by atoms with E-state index < -0.39 is 0 Å². The fourth-order valence-corrected chi connectivity index (χ4v) is 1.32. The quantitative estimate of drug-likeness (QED) is 0.661. The van der Waals surface area contributed by atoms with E-state index in [-0.39, 0.29) is 5.95 Å². The fourth-order valence-electron chi connectivity index (χ4n) is 0.952. The summed E-state index contributed by atoms with van der Waals surface area (Å²) in [6, 6.07) is 1.59. The van der Waals surface area contributed by atoms with Crippen molar-refractivity contribution >= 4 is 34.8 Å². The van der Waals surface area contributed by atoms with Crippen LogP contribution in [0.1, 0.15) is 0 Å². The predicted molar refractivity (Wildman–Crippen MR) is 47.4 cm³/mol. The van der Waals surface area contributed by atoms with Crippen molar-refractivity contribution in [1.82, 2.24) is 14.4 Å². The normalized spacial score (nSPS) is 10.8. The minimum atomic E-state index is 0.275. The van der Waals surface area contributed by atoms with Gasteiger partial charge in [-0.15, -0.1) is 0 Å². The summed E-state index contributed by atoms with van der Waals surface area (Å²) in [4.78, 5) is 7.78. The van der Waals surface area contributed by atoms with Gasteiger partial charge in [-0.3, -0.25) is 4.40 Å². The average molecular weight is 203 g/mol. The van der Waals surface area contributed by atoms with Crippen LogP contribution in [0.3, 0.4) is 0 Å². The molecule has 0 aliphatic rings. The van der Waals surface area contributed by atoms with Crippen molar-refractivity contribution in [3.63, 3.8) is 0 Å². The Morgan fingerprint density at radius 1 is 1.25 bits per heavy atom. The van der Waals surface area contributed by atoms with Crippen LogP contribution in [0, 0.1) is 0 Å². The van der Waals surface area contributed by atoms with Crippen LogP contribution in [0.4, 0.5) is 5.95 Å². The van der Waals surface area contributed by atoms with Gasteiger partial charge >= 0.3 is 0 Å². The molecule has 2 aromatic rings. The van der Waals surface area contributed by atoms with E-state index in [4.69, 9.17) is 28.9 Å². The standard InChI is InChI=1S/C6H4Cl2N4/c7-3-1-5-10-4(8)2-12(5)6(9)11-3/h1-2H,(H2,9,11). The van der Waals surface area contributed by atoms with Gasteiger partial charge in [-0.25, -0.2) is 9.97 Å². The highest BCUT2D eigenvalue weighted by Crippen LogP contribution is 2.16. The lowest BCUT2D eigenvalue weighted by Gasteiger charge is -1.97. The minimum Gasteiger partial charge on any atom is -0.369 e. The summed E-state index contributed by atoms with van der Waals surface area (Å²) < 4.78 is 1.56. The SMILES string of the molecule is Nc1nc(Cl)cc2nc(Cl)cn12. The summed E-state index contributed by atoms with van der Waals surface area (Å²) in [6.07, 6.45) is 1.58. The summed E-state index contributed by atoms with van der Waals surface area (Å²) in [7, 11) is 0. The topological polar surface area (TPSA) is 56.2 Å². The molecule has 0 saturated carbocycles. The second-order valence-corrected chi connectivity index (χ2v) is 3.00. The third-order valence-corrected chi connectivity index (χ3v) is 1.80. The average Bonchev–Trinajstić information content (AvgIpc) is 2.29. The molecule has 0 radical (unpaired) electrons. The third-order valence-electron chi connectivity index (χ3n) is 1.42. The van der Waals surface area contributed by atoms with E-state index in [0.29, 0.717) is 16.0 Å². The first-order chi connectivity index (χ1) is 5.66. The van der Waals surface area contributed by atoms with Crippen LogP contribution in [0.5, 0.6) is 0 Å². The largest absolute Gasteiger partial charge is 0.369 e. The number of nitrogen functional groups attached to an aromatic ring is 1. The van der Waals surface area contributed by atoms with Crippen LogP contribution in [0.25, 0.3) is 5.65 Å². The summed E-state index contributed by atoms with van der Waals surface area (Å²) >= 11 is 11.3.